The summed E-state index contributed by atoms with van der Waals surface area (Å²) in [4.78, 5) is 24.8. The van der Waals surface area contributed by atoms with Crippen LogP contribution in [0, 0.1) is 5.92 Å². The molecule has 5 heteroatoms. The number of amides is 1. The number of piperidine rings is 1. The first kappa shape index (κ1) is 15.1. The summed E-state index contributed by atoms with van der Waals surface area (Å²) in [5.74, 6) is -1.07. The summed E-state index contributed by atoms with van der Waals surface area (Å²) in [6, 6.07) is 6.49. The minimum Gasteiger partial charge on any atom is -0.508 e. The van der Waals surface area contributed by atoms with Gasteiger partial charge >= 0.3 is 5.97 Å². The van der Waals surface area contributed by atoms with E-state index >= 15 is 0 Å². The predicted octanol–water partition coefficient (Wildman–Crippen LogP) is 2.12. The van der Waals surface area contributed by atoms with Crippen LogP contribution in [0.2, 0.25) is 0 Å². The number of phenols is 1. The van der Waals surface area contributed by atoms with E-state index in [0.29, 0.717) is 19.4 Å². The zero-order chi connectivity index (χ0) is 15.4. The van der Waals surface area contributed by atoms with Crippen molar-refractivity contribution < 1.29 is 19.8 Å². The molecule has 0 spiro atoms. The van der Waals surface area contributed by atoms with Gasteiger partial charge in [0.15, 0.2) is 0 Å². The van der Waals surface area contributed by atoms with Crippen LogP contribution in [0.5, 0.6) is 5.75 Å². The molecular weight excluding hydrogens is 270 g/mol. The van der Waals surface area contributed by atoms with Crippen molar-refractivity contribution >= 4 is 18.0 Å². The Balaban J connectivity index is 1.97. The summed E-state index contributed by atoms with van der Waals surface area (Å²) >= 11 is 0. The van der Waals surface area contributed by atoms with Crippen LogP contribution in [0.3, 0.4) is 0 Å². The fourth-order valence-electron chi connectivity index (χ4n) is 2.57. The maximum absolute atomic E-state index is 12.2. The van der Waals surface area contributed by atoms with Crippen molar-refractivity contribution in [2.75, 3.05) is 6.54 Å². The van der Waals surface area contributed by atoms with Crippen molar-refractivity contribution in [3.8, 4) is 5.75 Å². The van der Waals surface area contributed by atoms with Gasteiger partial charge in [-0.2, -0.15) is 0 Å². The maximum Gasteiger partial charge on any atom is 0.306 e. The molecule has 1 saturated heterocycles. The van der Waals surface area contributed by atoms with Crippen LogP contribution in [0.4, 0.5) is 0 Å². The third-order valence-electron chi connectivity index (χ3n) is 3.82. The number of likely N-dealkylation sites (tertiary alicyclic amines) is 1. The number of aromatic hydroxyl groups is 1. The molecule has 1 fully saturated rings. The van der Waals surface area contributed by atoms with E-state index in [0.717, 1.165) is 5.56 Å². The SMILES string of the molecule is CC1CC(C(=O)O)CCN1C(=O)/C=C/c1ccc(O)cc1. The highest BCUT2D eigenvalue weighted by molar-refractivity contribution is 5.92. The van der Waals surface area contributed by atoms with Gasteiger partial charge in [-0.3, -0.25) is 9.59 Å². The van der Waals surface area contributed by atoms with Crippen LogP contribution in [0.25, 0.3) is 6.08 Å². The van der Waals surface area contributed by atoms with Crippen LogP contribution < -0.4 is 0 Å². The van der Waals surface area contributed by atoms with Crippen LogP contribution in [0.15, 0.2) is 30.3 Å². The summed E-state index contributed by atoms with van der Waals surface area (Å²) in [5, 5.41) is 18.2. The molecule has 0 aromatic heterocycles. The average Bonchev–Trinajstić information content (AvgIpc) is 2.46. The van der Waals surface area contributed by atoms with Crippen molar-refractivity contribution in [1.29, 1.82) is 0 Å². The molecule has 1 aromatic rings. The highest BCUT2D eigenvalue weighted by Crippen LogP contribution is 2.23. The molecule has 1 aromatic carbocycles. The molecule has 1 amide bonds. The van der Waals surface area contributed by atoms with Gasteiger partial charge in [-0.05, 0) is 43.5 Å². The smallest absolute Gasteiger partial charge is 0.306 e. The second kappa shape index (κ2) is 6.43. The van der Waals surface area contributed by atoms with Gasteiger partial charge in [0.1, 0.15) is 5.75 Å². The Morgan fingerprint density at radius 2 is 1.95 bits per heavy atom. The van der Waals surface area contributed by atoms with E-state index in [1.807, 2.05) is 6.92 Å². The normalized spacial score (nSPS) is 22.4. The Morgan fingerprint density at radius 3 is 2.52 bits per heavy atom. The number of carbonyl (C=O) groups excluding carboxylic acids is 1. The van der Waals surface area contributed by atoms with Crippen molar-refractivity contribution in [2.45, 2.75) is 25.8 Å². The number of benzene rings is 1. The molecule has 2 unspecified atom stereocenters. The highest BCUT2D eigenvalue weighted by atomic mass is 16.4. The molecule has 2 rings (SSSR count). The number of carboxylic acid groups (broad SMARTS) is 1. The van der Waals surface area contributed by atoms with Crippen molar-refractivity contribution in [3.63, 3.8) is 0 Å². The molecule has 0 aliphatic carbocycles. The Kier molecular flexibility index (Phi) is 4.62. The molecule has 0 radical (unpaired) electrons. The Bertz CT molecular complexity index is 550. The number of aliphatic carboxylic acids is 1. The first-order chi connectivity index (χ1) is 9.97. The van der Waals surface area contributed by atoms with E-state index < -0.39 is 5.97 Å². The largest absolute Gasteiger partial charge is 0.508 e. The second-order valence-corrected chi connectivity index (χ2v) is 5.37. The van der Waals surface area contributed by atoms with Gasteiger partial charge in [0.25, 0.3) is 0 Å². The topological polar surface area (TPSA) is 77.8 Å². The number of hydrogen-bond acceptors (Lipinski definition) is 3. The van der Waals surface area contributed by atoms with E-state index in [2.05, 4.69) is 0 Å². The summed E-state index contributed by atoms with van der Waals surface area (Å²) in [6.07, 6.45) is 4.17. The van der Waals surface area contributed by atoms with Gasteiger partial charge in [0.2, 0.25) is 5.91 Å². The van der Waals surface area contributed by atoms with E-state index in [4.69, 9.17) is 5.11 Å². The lowest BCUT2D eigenvalue weighted by Gasteiger charge is -2.35. The van der Waals surface area contributed by atoms with E-state index in [9.17, 15) is 14.7 Å². The summed E-state index contributed by atoms with van der Waals surface area (Å²) in [5.41, 5.74) is 0.828. The fourth-order valence-corrected chi connectivity index (χ4v) is 2.57. The van der Waals surface area contributed by atoms with Crippen molar-refractivity contribution in [1.82, 2.24) is 4.90 Å². The first-order valence-corrected chi connectivity index (χ1v) is 6.98. The Labute approximate surface area is 123 Å². The molecule has 0 saturated carbocycles. The van der Waals surface area contributed by atoms with Gasteiger partial charge in [0.05, 0.1) is 5.92 Å². The molecule has 1 aliphatic heterocycles. The van der Waals surface area contributed by atoms with Crippen LogP contribution >= 0.6 is 0 Å². The molecule has 112 valence electrons. The van der Waals surface area contributed by atoms with Gasteiger partial charge in [-0.25, -0.2) is 0 Å². The second-order valence-electron chi connectivity index (χ2n) is 5.37. The fraction of sp³-hybridized carbons (Fsp3) is 0.375. The third kappa shape index (κ3) is 3.84. The van der Waals surface area contributed by atoms with E-state index in [1.54, 1.807) is 35.2 Å². The van der Waals surface area contributed by atoms with Gasteiger partial charge in [-0.15, -0.1) is 0 Å². The molecule has 5 nitrogen and oxygen atoms in total. The highest BCUT2D eigenvalue weighted by Gasteiger charge is 2.31. The van der Waals surface area contributed by atoms with Crippen molar-refractivity contribution in [3.05, 3.63) is 35.9 Å². The number of nitrogens with zero attached hydrogens (tertiary/aromatic N) is 1. The summed E-state index contributed by atoms with van der Waals surface area (Å²) in [7, 11) is 0. The molecular formula is C16H19NO4. The van der Waals surface area contributed by atoms with E-state index in [1.165, 1.54) is 6.08 Å². The first-order valence-electron chi connectivity index (χ1n) is 6.98. The maximum atomic E-state index is 12.2. The van der Waals surface area contributed by atoms with Crippen LogP contribution in [0.1, 0.15) is 25.3 Å². The zero-order valence-electron chi connectivity index (χ0n) is 11.9. The molecule has 2 atom stereocenters. The van der Waals surface area contributed by atoms with Gasteiger partial charge < -0.3 is 15.1 Å². The number of phenolic OH excluding ortho intramolecular Hbond substituents is 1. The molecule has 21 heavy (non-hydrogen) atoms. The van der Waals surface area contributed by atoms with Crippen molar-refractivity contribution in [2.24, 2.45) is 5.92 Å². The molecule has 0 bridgehead atoms. The monoisotopic (exact) mass is 289 g/mol. The third-order valence-corrected chi connectivity index (χ3v) is 3.82. The zero-order valence-corrected chi connectivity index (χ0v) is 11.9. The molecule has 1 aliphatic rings. The standard InChI is InChI=1S/C16H19NO4/c1-11-10-13(16(20)21)8-9-17(11)15(19)7-4-12-2-5-14(18)6-3-12/h2-7,11,13,18H,8-10H2,1H3,(H,20,21)/b7-4+. The Hall–Kier alpha value is -2.30. The number of hydrogen-bond donors (Lipinski definition) is 2. The minimum absolute atomic E-state index is 0.0724. The van der Waals surface area contributed by atoms with Gasteiger partial charge in [-0.1, -0.05) is 12.1 Å². The number of carbonyl (C=O) groups is 2. The lowest BCUT2D eigenvalue weighted by Crippen LogP contribution is -2.45. The van der Waals surface area contributed by atoms with E-state index in [-0.39, 0.29) is 23.6 Å². The Morgan fingerprint density at radius 1 is 1.29 bits per heavy atom. The summed E-state index contributed by atoms with van der Waals surface area (Å²) in [6.45, 7) is 2.35. The van der Waals surface area contributed by atoms with Gasteiger partial charge in [0, 0.05) is 18.7 Å². The quantitative estimate of drug-likeness (QED) is 0.835. The average molecular weight is 289 g/mol. The lowest BCUT2D eigenvalue weighted by atomic mass is 9.91. The van der Waals surface area contributed by atoms with Crippen LogP contribution in [-0.2, 0) is 9.59 Å². The minimum atomic E-state index is -0.784. The van der Waals surface area contributed by atoms with Crippen LogP contribution in [-0.4, -0.2) is 39.6 Å². The molecule has 2 N–H and O–H groups in total. The molecule has 1 heterocycles. The lowest BCUT2D eigenvalue weighted by molar-refractivity contribution is -0.146. The number of carboxylic acids is 1. The predicted molar refractivity (Wildman–Crippen MR) is 78.7 cm³/mol. The summed E-state index contributed by atoms with van der Waals surface area (Å²) < 4.78 is 0. The number of rotatable bonds is 3.